The first-order chi connectivity index (χ1) is 13.8. The molecule has 0 unspecified atom stereocenters. The summed E-state index contributed by atoms with van der Waals surface area (Å²) in [6, 6.07) is 12.2. The van der Waals surface area contributed by atoms with E-state index in [0.717, 1.165) is 24.3 Å². The smallest absolute Gasteiger partial charge is 0.253 e. The van der Waals surface area contributed by atoms with E-state index < -0.39 is 10.0 Å². The maximum Gasteiger partial charge on any atom is 0.253 e. The van der Waals surface area contributed by atoms with Crippen molar-refractivity contribution in [2.75, 3.05) is 45.3 Å². The first kappa shape index (κ1) is 21.6. The summed E-state index contributed by atoms with van der Waals surface area (Å²) < 4.78 is 31.9. The van der Waals surface area contributed by atoms with Gasteiger partial charge >= 0.3 is 0 Å². The Kier molecular flexibility index (Phi) is 6.79. The summed E-state index contributed by atoms with van der Waals surface area (Å²) >= 11 is 6.02. The number of morpholine rings is 1. The van der Waals surface area contributed by atoms with Crippen molar-refractivity contribution in [1.82, 2.24) is 9.62 Å². The Labute approximate surface area is 176 Å². The number of ether oxygens (including phenoxy) is 1. The third-order valence-electron chi connectivity index (χ3n) is 4.83. The fraction of sp³-hybridized carbons (Fsp3) is 0.350. The second-order valence-corrected chi connectivity index (χ2v) is 9.00. The first-order valence-corrected chi connectivity index (χ1v) is 11.1. The molecule has 2 aromatic carbocycles. The summed E-state index contributed by atoms with van der Waals surface area (Å²) in [6.07, 6.45) is 0. The van der Waals surface area contributed by atoms with Gasteiger partial charge in [-0.15, -0.1) is 0 Å². The highest BCUT2D eigenvalue weighted by Gasteiger charge is 2.21. The van der Waals surface area contributed by atoms with Crippen molar-refractivity contribution in [3.63, 3.8) is 0 Å². The summed E-state index contributed by atoms with van der Waals surface area (Å²) in [5.41, 5.74) is 2.35. The summed E-state index contributed by atoms with van der Waals surface area (Å²) in [5.74, 6) is -0.286. The van der Waals surface area contributed by atoms with Crippen molar-refractivity contribution in [3.8, 4) is 0 Å². The maximum absolute atomic E-state index is 12.9. The number of sulfonamides is 1. The molecule has 9 heteroatoms. The fourth-order valence-electron chi connectivity index (χ4n) is 3.26. The van der Waals surface area contributed by atoms with Crippen molar-refractivity contribution in [2.24, 2.45) is 0 Å². The van der Waals surface area contributed by atoms with Crippen LogP contribution in [0.1, 0.15) is 15.9 Å². The first-order valence-electron chi connectivity index (χ1n) is 9.22. The largest absolute Gasteiger partial charge is 0.378 e. The van der Waals surface area contributed by atoms with Gasteiger partial charge in [-0.3, -0.25) is 4.79 Å². The number of para-hydroxylation sites is 1. The molecule has 1 N–H and O–H groups in total. The van der Waals surface area contributed by atoms with E-state index >= 15 is 0 Å². The third-order valence-corrected chi connectivity index (χ3v) is 6.73. The Bertz CT molecular complexity index is 991. The van der Waals surface area contributed by atoms with E-state index in [1.807, 2.05) is 24.3 Å². The zero-order valence-corrected chi connectivity index (χ0v) is 18.0. The Hall–Kier alpha value is -2.13. The van der Waals surface area contributed by atoms with E-state index in [1.54, 1.807) is 11.9 Å². The molecule has 0 aliphatic carbocycles. The number of halogens is 1. The van der Waals surface area contributed by atoms with Gasteiger partial charge in [-0.1, -0.05) is 29.8 Å². The van der Waals surface area contributed by atoms with E-state index in [4.69, 9.17) is 16.3 Å². The van der Waals surface area contributed by atoms with E-state index in [9.17, 15) is 13.2 Å². The minimum atomic E-state index is -3.76. The average Bonchev–Trinajstić information content (AvgIpc) is 2.74. The predicted octanol–water partition coefficient (Wildman–Crippen LogP) is 2.36. The molecular weight excluding hydrogens is 414 g/mol. The molecule has 0 spiro atoms. The molecule has 0 saturated carbocycles. The zero-order valence-electron chi connectivity index (χ0n) is 16.4. The van der Waals surface area contributed by atoms with Crippen LogP contribution in [0.3, 0.4) is 0 Å². The number of carbonyl (C=O) groups excluding carboxylic acids is 1. The minimum absolute atomic E-state index is 0.0659. The Morgan fingerprint density at radius 3 is 2.59 bits per heavy atom. The van der Waals surface area contributed by atoms with Crippen molar-refractivity contribution < 1.29 is 17.9 Å². The Balaban J connectivity index is 1.83. The number of nitrogens with zero attached hydrogens (tertiary/aromatic N) is 2. The van der Waals surface area contributed by atoms with Crippen molar-refractivity contribution in [2.45, 2.75) is 11.4 Å². The van der Waals surface area contributed by atoms with Gasteiger partial charge in [0, 0.05) is 37.9 Å². The summed E-state index contributed by atoms with van der Waals surface area (Å²) in [7, 11) is -0.768. The number of nitrogens with one attached hydrogen (secondary N) is 1. The van der Waals surface area contributed by atoms with Crippen LogP contribution in [0.4, 0.5) is 5.69 Å². The highest BCUT2D eigenvalue weighted by molar-refractivity contribution is 7.89. The highest BCUT2D eigenvalue weighted by atomic mass is 35.5. The number of carbonyl (C=O) groups is 1. The van der Waals surface area contributed by atoms with Crippen LogP contribution in [0.25, 0.3) is 0 Å². The second kappa shape index (κ2) is 9.13. The lowest BCUT2D eigenvalue weighted by Crippen LogP contribution is -2.37. The van der Waals surface area contributed by atoms with Crippen LogP contribution in [-0.2, 0) is 21.3 Å². The molecule has 7 nitrogen and oxygen atoms in total. The summed E-state index contributed by atoms with van der Waals surface area (Å²) in [4.78, 5) is 16.6. The van der Waals surface area contributed by atoms with Crippen LogP contribution in [0, 0.1) is 0 Å². The number of amides is 1. The van der Waals surface area contributed by atoms with Crippen LogP contribution >= 0.6 is 11.6 Å². The number of benzene rings is 2. The molecule has 1 aliphatic heterocycles. The quantitative estimate of drug-likeness (QED) is 0.750. The second-order valence-electron chi connectivity index (χ2n) is 6.74. The molecule has 1 amide bonds. The third kappa shape index (κ3) is 4.90. The van der Waals surface area contributed by atoms with Gasteiger partial charge < -0.3 is 14.5 Å². The van der Waals surface area contributed by atoms with Gasteiger partial charge in [0.1, 0.15) is 4.90 Å². The van der Waals surface area contributed by atoms with Crippen molar-refractivity contribution in [3.05, 3.63) is 58.6 Å². The average molecular weight is 438 g/mol. The van der Waals surface area contributed by atoms with Gasteiger partial charge in [-0.2, -0.15) is 0 Å². The van der Waals surface area contributed by atoms with Gasteiger partial charge in [0.15, 0.2) is 0 Å². The molecule has 1 fully saturated rings. The Morgan fingerprint density at radius 2 is 1.90 bits per heavy atom. The highest BCUT2D eigenvalue weighted by Crippen LogP contribution is 2.25. The summed E-state index contributed by atoms with van der Waals surface area (Å²) in [5, 5.41) is 0.0659. The van der Waals surface area contributed by atoms with Gasteiger partial charge in [0.05, 0.1) is 18.2 Å². The molecule has 156 valence electrons. The molecule has 3 rings (SSSR count). The van der Waals surface area contributed by atoms with E-state index in [-0.39, 0.29) is 21.4 Å². The monoisotopic (exact) mass is 437 g/mol. The SMILES string of the molecule is CNS(=O)(=O)c1cc(C(=O)N(C)Cc2ccccc2N2CCOCC2)ccc1Cl. The normalized spacial score (nSPS) is 14.7. The molecule has 2 aromatic rings. The molecule has 29 heavy (non-hydrogen) atoms. The van der Waals surface area contributed by atoms with Gasteiger partial charge in [-0.05, 0) is 36.9 Å². The predicted molar refractivity (Wildman–Crippen MR) is 113 cm³/mol. The lowest BCUT2D eigenvalue weighted by molar-refractivity contribution is 0.0784. The zero-order chi connectivity index (χ0) is 21.0. The number of rotatable bonds is 6. The van der Waals surface area contributed by atoms with Crippen LogP contribution in [0.2, 0.25) is 5.02 Å². The van der Waals surface area contributed by atoms with Gasteiger partial charge in [0.25, 0.3) is 5.91 Å². The van der Waals surface area contributed by atoms with Crippen LogP contribution in [0.5, 0.6) is 0 Å². The number of hydrogen-bond acceptors (Lipinski definition) is 5. The maximum atomic E-state index is 12.9. The molecule has 1 saturated heterocycles. The number of hydrogen-bond donors (Lipinski definition) is 1. The van der Waals surface area contributed by atoms with Crippen molar-refractivity contribution in [1.29, 1.82) is 0 Å². The lowest BCUT2D eigenvalue weighted by atomic mass is 10.1. The van der Waals surface area contributed by atoms with E-state index in [1.165, 1.54) is 25.2 Å². The molecular formula is C20H24ClN3O4S. The molecule has 1 heterocycles. The Morgan fingerprint density at radius 1 is 1.21 bits per heavy atom. The number of anilines is 1. The fourth-order valence-corrected chi connectivity index (χ4v) is 4.51. The minimum Gasteiger partial charge on any atom is -0.378 e. The topological polar surface area (TPSA) is 79.0 Å². The van der Waals surface area contributed by atoms with Crippen LogP contribution in [0.15, 0.2) is 47.4 Å². The molecule has 0 atom stereocenters. The summed E-state index contributed by atoms with van der Waals surface area (Å²) in [6.45, 7) is 3.35. The van der Waals surface area contributed by atoms with E-state index in [2.05, 4.69) is 9.62 Å². The van der Waals surface area contributed by atoms with Gasteiger partial charge in [0.2, 0.25) is 10.0 Å². The lowest BCUT2D eigenvalue weighted by Gasteiger charge is -2.31. The van der Waals surface area contributed by atoms with E-state index in [0.29, 0.717) is 19.8 Å². The molecule has 0 aromatic heterocycles. The molecule has 0 radical (unpaired) electrons. The van der Waals surface area contributed by atoms with Crippen molar-refractivity contribution >= 4 is 33.2 Å². The van der Waals surface area contributed by atoms with Gasteiger partial charge in [-0.25, -0.2) is 13.1 Å². The standard InChI is InChI=1S/C20H24ClN3O4S/c1-22-29(26,27)19-13-15(7-8-17(19)21)20(25)23(2)14-16-5-3-4-6-18(16)24-9-11-28-12-10-24/h3-8,13,22H,9-12,14H2,1-2H3. The van der Waals surface area contributed by atoms with Crippen LogP contribution in [-0.4, -0.2) is 59.6 Å². The van der Waals surface area contributed by atoms with Crippen LogP contribution < -0.4 is 9.62 Å². The molecule has 0 bridgehead atoms. The molecule has 1 aliphatic rings.